The first-order chi connectivity index (χ1) is 14.0. The SMILES string of the molecule is CCCCc1nc2ccc(Br)cc2c(=O)n1N=Cc1ccccc1O[C@@H](C)CC. The molecule has 0 saturated carbocycles. The third kappa shape index (κ3) is 5.12. The Kier molecular flexibility index (Phi) is 7.20. The zero-order valence-electron chi connectivity index (χ0n) is 17.1. The van der Waals surface area contributed by atoms with E-state index in [0.29, 0.717) is 23.1 Å². The molecule has 0 aliphatic heterocycles. The molecule has 0 fully saturated rings. The van der Waals surface area contributed by atoms with Crippen LogP contribution in [0.15, 0.2) is 56.8 Å². The van der Waals surface area contributed by atoms with E-state index in [0.717, 1.165) is 35.0 Å². The van der Waals surface area contributed by atoms with Gasteiger partial charge in [-0.2, -0.15) is 9.78 Å². The molecule has 6 heteroatoms. The standard InChI is InChI=1S/C23H26BrN3O2/c1-4-6-11-22-26-20-13-12-18(24)14-19(20)23(28)27(22)25-15-17-9-7-8-10-21(17)29-16(3)5-2/h7-10,12-16H,4-6,11H2,1-3H3/t16-/m0/s1. The monoisotopic (exact) mass is 455 g/mol. The number of hydrogen-bond acceptors (Lipinski definition) is 4. The van der Waals surface area contributed by atoms with Gasteiger partial charge in [0.15, 0.2) is 0 Å². The van der Waals surface area contributed by atoms with Gasteiger partial charge in [0.25, 0.3) is 5.56 Å². The van der Waals surface area contributed by atoms with Crippen molar-refractivity contribution in [3.05, 3.63) is 68.7 Å². The van der Waals surface area contributed by atoms with Crippen LogP contribution >= 0.6 is 15.9 Å². The normalized spacial score (nSPS) is 12.6. The van der Waals surface area contributed by atoms with Crippen LogP contribution in [0.3, 0.4) is 0 Å². The number of halogens is 1. The maximum absolute atomic E-state index is 13.2. The molecule has 1 atom stereocenters. The summed E-state index contributed by atoms with van der Waals surface area (Å²) in [6.07, 6.45) is 5.35. The van der Waals surface area contributed by atoms with Gasteiger partial charge in [0, 0.05) is 16.5 Å². The van der Waals surface area contributed by atoms with E-state index in [9.17, 15) is 4.79 Å². The van der Waals surface area contributed by atoms with Crippen molar-refractivity contribution in [2.45, 2.75) is 52.6 Å². The highest BCUT2D eigenvalue weighted by Gasteiger charge is 2.11. The maximum atomic E-state index is 13.2. The summed E-state index contributed by atoms with van der Waals surface area (Å²) < 4.78 is 8.26. The molecule has 0 radical (unpaired) electrons. The Labute approximate surface area is 179 Å². The van der Waals surface area contributed by atoms with Crippen LogP contribution in [-0.2, 0) is 6.42 Å². The molecular weight excluding hydrogens is 430 g/mol. The fourth-order valence-corrected chi connectivity index (χ4v) is 3.29. The second kappa shape index (κ2) is 9.83. The van der Waals surface area contributed by atoms with Crippen LogP contribution in [0.5, 0.6) is 5.75 Å². The molecule has 0 spiro atoms. The van der Waals surface area contributed by atoms with Gasteiger partial charge < -0.3 is 4.74 Å². The zero-order valence-corrected chi connectivity index (χ0v) is 18.6. The first-order valence-electron chi connectivity index (χ1n) is 10.0. The van der Waals surface area contributed by atoms with Gasteiger partial charge in [-0.05, 0) is 50.1 Å². The van der Waals surface area contributed by atoms with Crippen LogP contribution < -0.4 is 10.3 Å². The summed E-state index contributed by atoms with van der Waals surface area (Å²) in [4.78, 5) is 17.9. The summed E-state index contributed by atoms with van der Waals surface area (Å²) in [5.41, 5.74) is 1.35. The number of rotatable bonds is 8. The summed E-state index contributed by atoms with van der Waals surface area (Å²) >= 11 is 3.44. The Balaban J connectivity index is 2.07. The molecule has 0 saturated heterocycles. The van der Waals surface area contributed by atoms with Gasteiger partial charge in [-0.3, -0.25) is 4.79 Å². The van der Waals surface area contributed by atoms with Crippen molar-refractivity contribution in [3.63, 3.8) is 0 Å². The molecule has 0 unspecified atom stereocenters. The molecule has 1 heterocycles. The fourth-order valence-electron chi connectivity index (χ4n) is 2.93. The molecule has 3 aromatic rings. The highest BCUT2D eigenvalue weighted by atomic mass is 79.9. The van der Waals surface area contributed by atoms with Crippen molar-refractivity contribution in [1.82, 2.24) is 9.66 Å². The van der Waals surface area contributed by atoms with Gasteiger partial charge in [0.2, 0.25) is 0 Å². The highest BCUT2D eigenvalue weighted by Crippen LogP contribution is 2.19. The van der Waals surface area contributed by atoms with Crippen molar-refractivity contribution < 1.29 is 4.74 Å². The molecule has 0 amide bonds. The van der Waals surface area contributed by atoms with E-state index in [1.165, 1.54) is 4.68 Å². The first-order valence-corrected chi connectivity index (χ1v) is 10.8. The van der Waals surface area contributed by atoms with Crippen LogP contribution in [0.2, 0.25) is 0 Å². The third-order valence-corrected chi connectivity index (χ3v) is 5.26. The molecule has 5 nitrogen and oxygen atoms in total. The van der Waals surface area contributed by atoms with Crippen LogP contribution in [-0.4, -0.2) is 22.0 Å². The van der Waals surface area contributed by atoms with Gasteiger partial charge in [0.1, 0.15) is 11.6 Å². The van der Waals surface area contributed by atoms with Crippen LogP contribution in [0.1, 0.15) is 51.4 Å². The average molecular weight is 456 g/mol. The molecular formula is C23H26BrN3O2. The van der Waals surface area contributed by atoms with Crippen molar-refractivity contribution in [2.24, 2.45) is 5.10 Å². The average Bonchev–Trinajstić information content (AvgIpc) is 2.73. The molecule has 3 rings (SSSR count). The van der Waals surface area contributed by atoms with Crippen LogP contribution in [0.4, 0.5) is 0 Å². The minimum Gasteiger partial charge on any atom is -0.490 e. The number of benzene rings is 2. The number of unbranched alkanes of at least 4 members (excludes halogenated alkanes) is 1. The summed E-state index contributed by atoms with van der Waals surface area (Å²) in [6, 6.07) is 13.3. The Morgan fingerprint density at radius 3 is 2.79 bits per heavy atom. The second-order valence-corrected chi connectivity index (χ2v) is 7.94. The fraction of sp³-hybridized carbons (Fsp3) is 0.348. The maximum Gasteiger partial charge on any atom is 0.282 e. The van der Waals surface area contributed by atoms with E-state index in [1.54, 1.807) is 12.3 Å². The first kappa shape index (κ1) is 21.2. The Bertz CT molecular complexity index is 1080. The lowest BCUT2D eigenvalue weighted by atomic mass is 10.2. The molecule has 0 bridgehead atoms. The summed E-state index contributed by atoms with van der Waals surface area (Å²) in [6.45, 7) is 6.23. The number of fused-ring (bicyclic) bond motifs is 1. The van der Waals surface area contributed by atoms with Crippen molar-refractivity contribution in [2.75, 3.05) is 0 Å². The number of nitrogens with zero attached hydrogens (tertiary/aromatic N) is 3. The Hall–Kier alpha value is -2.47. The lowest BCUT2D eigenvalue weighted by molar-refractivity contribution is 0.217. The number of aryl methyl sites for hydroxylation is 1. The van der Waals surface area contributed by atoms with Gasteiger partial charge in [-0.25, -0.2) is 4.98 Å². The predicted octanol–water partition coefficient (Wildman–Crippen LogP) is 5.56. The molecule has 1 aromatic heterocycles. The van der Waals surface area contributed by atoms with E-state index in [4.69, 9.17) is 9.72 Å². The van der Waals surface area contributed by atoms with Gasteiger partial charge in [-0.1, -0.05) is 48.3 Å². The smallest absolute Gasteiger partial charge is 0.282 e. The van der Waals surface area contributed by atoms with Gasteiger partial charge >= 0.3 is 0 Å². The van der Waals surface area contributed by atoms with E-state index in [2.05, 4.69) is 34.9 Å². The molecule has 2 aromatic carbocycles. The zero-order chi connectivity index (χ0) is 20.8. The largest absolute Gasteiger partial charge is 0.490 e. The minimum absolute atomic E-state index is 0.104. The topological polar surface area (TPSA) is 56.5 Å². The molecule has 0 N–H and O–H groups in total. The summed E-state index contributed by atoms with van der Waals surface area (Å²) in [5, 5.41) is 5.07. The van der Waals surface area contributed by atoms with E-state index in [-0.39, 0.29) is 11.7 Å². The van der Waals surface area contributed by atoms with Crippen LogP contribution in [0, 0.1) is 0 Å². The summed E-state index contributed by atoms with van der Waals surface area (Å²) in [7, 11) is 0. The lowest BCUT2D eigenvalue weighted by Crippen LogP contribution is -2.22. The highest BCUT2D eigenvalue weighted by molar-refractivity contribution is 9.10. The lowest BCUT2D eigenvalue weighted by Gasteiger charge is -2.14. The van der Waals surface area contributed by atoms with Crippen LogP contribution in [0.25, 0.3) is 10.9 Å². The molecule has 0 aliphatic rings. The molecule has 152 valence electrons. The third-order valence-electron chi connectivity index (χ3n) is 4.76. The summed E-state index contributed by atoms with van der Waals surface area (Å²) in [5.74, 6) is 1.42. The number of hydrogen-bond donors (Lipinski definition) is 0. The van der Waals surface area contributed by atoms with Gasteiger partial charge in [-0.15, -0.1) is 0 Å². The quantitative estimate of drug-likeness (QED) is 0.417. The van der Waals surface area contributed by atoms with E-state index >= 15 is 0 Å². The molecule has 0 aliphatic carbocycles. The van der Waals surface area contributed by atoms with Gasteiger partial charge in [0.05, 0.1) is 23.2 Å². The van der Waals surface area contributed by atoms with E-state index < -0.39 is 0 Å². The minimum atomic E-state index is -0.168. The Morgan fingerprint density at radius 2 is 2.03 bits per heavy atom. The van der Waals surface area contributed by atoms with Crippen molar-refractivity contribution >= 4 is 33.0 Å². The second-order valence-electron chi connectivity index (χ2n) is 7.03. The number of ether oxygens (including phenoxy) is 1. The number of para-hydroxylation sites is 1. The molecule has 29 heavy (non-hydrogen) atoms. The van der Waals surface area contributed by atoms with E-state index in [1.807, 2.05) is 43.3 Å². The number of aromatic nitrogens is 2. The van der Waals surface area contributed by atoms with Crippen molar-refractivity contribution in [1.29, 1.82) is 0 Å². The predicted molar refractivity (Wildman–Crippen MR) is 122 cm³/mol. The Morgan fingerprint density at radius 1 is 1.24 bits per heavy atom. The van der Waals surface area contributed by atoms with Crippen molar-refractivity contribution in [3.8, 4) is 5.75 Å².